The molecule has 1 heterocycles. The van der Waals surface area contributed by atoms with Crippen LogP contribution in [-0.2, 0) is 20.8 Å². The van der Waals surface area contributed by atoms with Crippen LogP contribution in [0.25, 0.3) is 0 Å². The van der Waals surface area contributed by atoms with Gasteiger partial charge in [-0.3, -0.25) is 14.6 Å². The Bertz CT molecular complexity index is 680. The summed E-state index contributed by atoms with van der Waals surface area (Å²) in [6.07, 6.45) is 7.48. The zero-order chi connectivity index (χ0) is 20.6. The summed E-state index contributed by atoms with van der Waals surface area (Å²) in [6.45, 7) is -0.284. The van der Waals surface area contributed by atoms with Crippen molar-refractivity contribution >= 4 is 17.8 Å². The van der Waals surface area contributed by atoms with Crippen molar-refractivity contribution < 1.29 is 20.9 Å². The van der Waals surface area contributed by atoms with E-state index < -0.39 is 35.8 Å². The van der Waals surface area contributed by atoms with E-state index in [0.29, 0.717) is 12.8 Å². The predicted octanol–water partition coefficient (Wildman–Crippen LogP) is 0.607. The Morgan fingerprint density at radius 3 is 2.44 bits per heavy atom. The summed E-state index contributed by atoms with van der Waals surface area (Å²) in [6, 6.07) is 1.21. The number of aliphatic carboxylic acids is 1. The number of carboxylic acid groups (broad SMARTS) is 1. The molecule has 0 bridgehead atoms. The topological polar surface area (TPSA) is 134 Å². The number of hydrogen-bond donors (Lipinski definition) is 4. The number of hydrogen-bond acceptors (Lipinski definition) is 5. The molecule has 27 heavy (non-hydrogen) atoms. The van der Waals surface area contributed by atoms with Crippen LogP contribution in [0.1, 0.15) is 45.5 Å². The van der Waals surface area contributed by atoms with Gasteiger partial charge in [0.05, 0.1) is 6.54 Å². The average molecular weight is 377 g/mol. The molecule has 8 heteroatoms. The molecule has 0 aromatic carbocycles. The molecule has 2 rings (SSSR count). The molecule has 1 aromatic rings. The predicted molar refractivity (Wildman–Crippen MR) is 99.7 cm³/mol. The molecule has 5 N–H and O–H groups in total. The molecule has 2 atom stereocenters. The van der Waals surface area contributed by atoms with E-state index in [1.165, 1.54) is 0 Å². The minimum Gasteiger partial charge on any atom is -0.480 e. The van der Waals surface area contributed by atoms with Crippen LogP contribution in [0.2, 0.25) is 0 Å². The van der Waals surface area contributed by atoms with Crippen molar-refractivity contribution in [3.63, 3.8) is 0 Å². The lowest BCUT2D eigenvalue weighted by Crippen LogP contribution is -2.53. The smallest absolute Gasteiger partial charge is 0.326 e. The van der Waals surface area contributed by atoms with Gasteiger partial charge in [0.15, 0.2) is 0 Å². The third-order valence-corrected chi connectivity index (χ3v) is 4.69. The van der Waals surface area contributed by atoms with Gasteiger partial charge in [0.1, 0.15) is 12.1 Å². The fourth-order valence-corrected chi connectivity index (χ4v) is 3.23. The monoisotopic (exact) mass is 377 g/mol. The number of pyridine rings is 1. The van der Waals surface area contributed by atoms with Gasteiger partial charge in [0, 0.05) is 20.2 Å². The molecule has 0 saturated heterocycles. The van der Waals surface area contributed by atoms with Gasteiger partial charge in [-0.25, -0.2) is 4.79 Å². The Kier molecular flexibility index (Phi) is 7.58. The van der Waals surface area contributed by atoms with Gasteiger partial charge in [-0.1, -0.05) is 32.1 Å². The lowest BCUT2D eigenvalue weighted by atomic mass is 9.84. The van der Waals surface area contributed by atoms with Gasteiger partial charge < -0.3 is 21.5 Å². The first-order chi connectivity index (χ1) is 13.3. The molecule has 2 amide bonds. The summed E-state index contributed by atoms with van der Waals surface area (Å²) in [5.41, 5.74) is 6.06. The quantitative estimate of drug-likeness (QED) is 0.498. The van der Waals surface area contributed by atoms with Gasteiger partial charge in [0.2, 0.25) is 11.8 Å². The van der Waals surface area contributed by atoms with Crippen LogP contribution in [0, 0.1) is 5.89 Å². The van der Waals surface area contributed by atoms with Crippen LogP contribution in [0.3, 0.4) is 0 Å². The van der Waals surface area contributed by atoms with Gasteiger partial charge in [-0.2, -0.15) is 0 Å². The lowest BCUT2D eigenvalue weighted by molar-refractivity contribution is -0.142. The standard InChI is InChI=1S/C19H28N4O4/c20-12-17(24)22-15(10-13-4-2-1-3-5-13)18(25)23-16(19(26)27)11-14-6-8-21-9-7-14/h6-9,13,15-16H,1-5,10-12,20H2,(H,22,24)(H,23,25)(H,26,27)/t15-,16+/m0/s1/i13D. The molecule has 1 aliphatic rings. The van der Waals surface area contributed by atoms with Crippen molar-refractivity contribution in [2.24, 2.45) is 11.6 Å². The van der Waals surface area contributed by atoms with Gasteiger partial charge >= 0.3 is 5.97 Å². The van der Waals surface area contributed by atoms with Gasteiger partial charge in [-0.15, -0.1) is 0 Å². The first kappa shape index (κ1) is 19.3. The van der Waals surface area contributed by atoms with Crippen molar-refractivity contribution in [2.45, 2.75) is 57.0 Å². The van der Waals surface area contributed by atoms with Crippen molar-refractivity contribution in [3.8, 4) is 0 Å². The van der Waals surface area contributed by atoms with Crippen LogP contribution < -0.4 is 16.4 Å². The van der Waals surface area contributed by atoms with Crippen LogP contribution >= 0.6 is 0 Å². The van der Waals surface area contributed by atoms with E-state index >= 15 is 0 Å². The fourth-order valence-electron chi connectivity index (χ4n) is 3.23. The molecule has 1 aromatic heterocycles. The summed E-state index contributed by atoms with van der Waals surface area (Å²) in [4.78, 5) is 40.1. The average Bonchev–Trinajstić information content (AvgIpc) is 2.67. The van der Waals surface area contributed by atoms with E-state index in [2.05, 4.69) is 15.6 Å². The molecule has 8 nitrogen and oxygen atoms in total. The lowest BCUT2D eigenvalue weighted by Gasteiger charge is -2.27. The van der Waals surface area contributed by atoms with Crippen LogP contribution in [0.5, 0.6) is 0 Å². The van der Waals surface area contributed by atoms with E-state index in [1.807, 2.05) is 0 Å². The highest BCUT2D eigenvalue weighted by molar-refractivity contribution is 5.90. The second kappa shape index (κ2) is 10.6. The Balaban J connectivity index is 2.10. The zero-order valence-corrected chi connectivity index (χ0v) is 15.3. The molecule has 0 radical (unpaired) electrons. The minimum atomic E-state index is -1.17. The summed E-state index contributed by atoms with van der Waals surface area (Å²) >= 11 is 0. The minimum absolute atomic E-state index is 0.0904. The van der Waals surface area contributed by atoms with E-state index in [1.54, 1.807) is 24.5 Å². The highest BCUT2D eigenvalue weighted by atomic mass is 16.4. The molecule has 0 aliphatic heterocycles. The number of carboxylic acids is 1. The van der Waals surface area contributed by atoms with Gasteiger partial charge in [0.25, 0.3) is 0 Å². The zero-order valence-electron chi connectivity index (χ0n) is 16.3. The highest BCUT2D eigenvalue weighted by Gasteiger charge is 2.29. The van der Waals surface area contributed by atoms with Crippen molar-refractivity contribution in [1.82, 2.24) is 15.6 Å². The number of nitrogens with zero attached hydrogens (tertiary/aromatic N) is 1. The first-order valence-corrected chi connectivity index (χ1v) is 9.24. The summed E-state index contributed by atoms with van der Waals surface area (Å²) in [7, 11) is 0. The van der Waals surface area contributed by atoms with Gasteiger partial charge in [-0.05, 0) is 30.0 Å². The second-order valence-corrected chi connectivity index (χ2v) is 6.80. The summed E-state index contributed by atoms with van der Waals surface area (Å²) in [5, 5.41) is 14.5. The van der Waals surface area contributed by atoms with Crippen molar-refractivity contribution in [2.75, 3.05) is 6.54 Å². The molecular weight excluding hydrogens is 348 g/mol. The maximum Gasteiger partial charge on any atom is 0.326 e. The third-order valence-electron chi connectivity index (χ3n) is 4.69. The highest BCUT2D eigenvalue weighted by Crippen LogP contribution is 2.27. The second-order valence-electron chi connectivity index (χ2n) is 6.80. The number of amides is 2. The van der Waals surface area contributed by atoms with Crippen molar-refractivity contribution in [3.05, 3.63) is 30.1 Å². The molecule has 148 valence electrons. The Morgan fingerprint density at radius 1 is 1.19 bits per heavy atom. The summed E-state index contributed by atoms with van der Waals surface area (Å²) in [5.74, 6) is -3.11. The number of rotatable bonds is 9. The number of nitrogens with two attached hydrogens (primary N) is 1. The fraction of sp³-hybridized carbons (Fsp3) is 0.579. The molecule has 1 saturated carbocycles. The molecule has 0 unspecified atom stereocenters. The van der Waals surface area contributed by atoms with Crippen LogP contribution in [-0.4, -0.2) is 46.5 Å². The van der Waals surface area contributed by atoms with E-state index in [0.717, 1.165) is 24.8 Å². The number of carbonyl (C=O) groups is 3. The largest absolute Gasteiger partial charge is 0.480 e. The van der Waals surface area contributed by atoms with E-state index in [4.69, 9.17) is 7.10 Å². The molecule has 1 aliphatic carbocycles. The molecule has 1 fully saturated rings. The van der Waals surface area contributed by atoms with Crippen LogP contribution in [0.4, 0.5) is 0 Å². The number of carbonyl (C=O) groups excluding carboxylic acids is 2. The van der Waals surface area contributed by atoms with Crippen molar-refractivity contribution in [1.29, 1.82) is 0 Å². The SMILES string of the molecule is [2H]C1(C[C@H](NC(=O)CN)C(=O)N[C@H](Cc2ccncc2)C(=O)O)CCCCC1. The van der Waals surface area contributed by atoms with E-state index in [9.17, 15) is 19.5 Å². The Labute approximate surface area is 160 Å². The Hall–Kier alpha value is -2.48. The maximum absolute atomic E-state index is 12.8. The van der Waals surface area contributed by atoms with E-state index in [-0.39, 0.29) is 19.4 Å². The maximum atomic E-state index is 12.8. The number of aromatic nitrogens is 1. The summed E-state index contributed by atoms with van der Waals surface area (Å²) < 4.78 is 8.61. The third kappa shape index (κ3) is 6.97. The Morgan fingerprint density at radius 2 is 1.85 bits per heavy atom. The first-order valence-electron chi connectivity index (χ1n) is 9.74. The number of nitrogens with one attached hydrogen (secondary N) is 2. The van der Waals surface area contributed by atoms with Crippen LogP contribution in [0.15, 0.2) is 24.5 Å². The normalized spacial score (nSPS) is 18.6. The molecular formula is C19H28N4O4. The molecule has 0 spiro atoms.